The summed E-state index contributed by atoms with van der Waals surface area (Å²) in [5.41, 5.74) is -0.315. The summed E-state index contributed by atoms with van der Waals surface area (Å²) in [6.45, 7) is 8.90. The van der Waals surface area contributed by atoms with Crippen molar-refractivity contribution in [1.82, 2.24) is 4.72 Å². The van der Waals surface area contributed by atoms with Crippen LogP contribution in [0.25, 0.3) is 0 Å². The van der Waals surface area contributed by atoms with Crippen molar-refractivity contribution < 1.29 is 18.3 Å². The van der Waals surface area contributed by atoms with E-state index in [4.69, 9.17) is 0 Å². The first kappa shape index (κ1) is 17.5. The molecule has 0 aliphatic carbocycles. The Hall–Kier alpha value is -1.60. The highest BCUT2D eigenvalue weighted by molar-refractivity contribution is 7.89. The molecule has 7 heteroatoms. The smallest absolute Gasteiger partial charge is 0.337 e. The number of hydrogen-bond donors (Lipinski definition) is 3. The molecule has 0 aromatic heterocycles. The number of rotatable bonds is 5. The Morgan fingerprint density at radius 1 is 1.24 bits per heavy atom. The summed E-state index contributed by atoms with van der Waals surface area (Å²) < 4.78 is 27.0. The van der Waals surface area contributed by atoms with Gasteiger partial charge in [0.25, 0.3) is 0 Å². The van der Waals surface area contributed by atoms with Crippen LogP contribution in [0.5, 0.6) is 0 Å². The Morgan fingerprint density at radius 3 is 2.24 bits per heavy atom. The van der Waals surface area contributed by atoms with Crippen molar-refractivity contribution in [2.24, 2.45) is 0 Å². The van der Waals surface area contributed by atoms with E-state index in [9.17, 15) is 18.3 Å². The molecule has 0 unspecified atom stereocenters. The quantitative estimate of drug-likeness (QED) is 0.775. The average molecular weight is 314 g/mol. The molecule has 0 bridgehead atoms. The maximum Gasteiger partial charge on any atom is 0.337 e. The van der Waals surface area contributed by atoms with Gasteiger partial charge < -0.3 is 10.4 Å². The monoisotopic (exact) mass is 314 g/mol. The minimum absolute atomic E-state index is 0.0401. The van der Waals surface area contributed by atoms with Crippen LogP contribution in [0, 0.1) is 0 Å². The SMILES string of the molecule is CC(C)Nc1ccc(S(=O)(=O)NC(C)(C)C)cc1C(=O)O. The van der Waals surface area contributed by atoms with E-state index < -0.39 is 21.5 Å². The van der Waals surface area contributed by atoms with Crippen molar-refractivity contribution in [3.05, 3.63) is 23.8 Å². The predicted octanol–water partition coefficient (Wildman–Crippen LogP) is 2.28. The van der Waals surface area contributed by atoms with Gasteiger partial charge in [-0.25, -0.2) is 17.9 Å². The van der Waals surface area contributed by atoms with Crippen LogP contribution < -0.4 is 10.0 Å². The van der Waals surface area contributed by atoms with Crippen LogP contribution in [0.15, 0.2) is 23.1 Å². The molecule has 3 N–H and O–H groups in total. The summed E-state index contributed by atoms with van der Waals surface area (Å²) in [7, 11) is -3.76. The third-order valence-electron chi connectivity index (χ3n) is 2.42. The van der Waals surface area contributed by atoms with E-state index in [0.29, 0.717) is 5.69 Å². The van der Waals surface area contributed by atoms with Gasteiger partial charge in [-0.05, 0) is 52.8 Å². The molecule has 0 radical (unpaired) electrons. The van der Waals surface area contributed by atoms with Gasteiger partial charge in [0.05, 0.1) is 10.5 Å². The number of carboxylic acid groups (broad SMARTS) is 1. The summed E-state index contributed by atoms with van der Waals surface area (Å²) in [6, 6.07) is 4.07. The molecule has 0 heterocycles. The van der Waals surface area contributed by atoms with Crippen LogP contribution in [0.3, 0.4) is 0 Å². The first-order valence-electron chi connectivity index (χ1n) is 6.60. The molecule has 1 aromatic carbocycles. The highest BCUT2D eigenvalue weighted by atomic mass is 32.2. The van der Waals surface area contributed by atoms with Crippen molar-refractivity contribution in [3.63, 3.8) is 0 Å². The molecular formula is C14H22N2O4S. The van der Waals surface area contributed by atoms with E-state index in [2.05, 4.69) is 10.0 Å². The third kappa shape index (κ3) is 5.02. The maximum absolute atomic E-state index is 12.2. The van der Waals surface area contributed by atoms with Crippen LogP contribution in [0.4, 0.5) is 5.69 Å². The summed E-state index contributed by atoms with van der Waals surface area (Å²) in [5.74, 6) is -1.18. The van der Waals surface area contributed by atoms with Crippen molar-refractivity contribution >= 4 is 21.7 Å². The lowest BCUT2D eigenvalue weighted by Gasteiger charge is -2.21. The van der Waals surface area contributed by atoms with Crippen LogP contribution in [-0.2, 0) is 10.0 Å². The lowest BCUT2D eigenvalue weighted by Crippen LogP contribution is -2.40. The van der Waals surface area contributed by atoms with E-state index in [-0.39, 0.29) is 16.5 Å². The van der Waals surface area contributed by atoms with Crippen LogP contribution >= 0.6 is 0 Å². The summed E-state index contributed by atoms with van der Waals surface area (Å²) in [5, 5.41) is 12.2. The highest BCUT2D eigenvalue weighted by Gasteiger charge is 2.24. The number of nitrogens with one attached hydrogen (secondary N) is 2. The van der Waals surface area contributed by atoms with Crippen molar-refractivity contribution in [2.45, 2.75) is 51.1 Å². The molecule has 1 aromatic rings. The molecule has 1 rings (SSSR count). The van der Waals surface area contributed by atoms with Gasteiger partial charge in [0.2, 0.25) is 10.0 Å². The van der Waals surface area contributed by atoms with Gasteiger partial charge in [0, 0.05) is 17.3 Å². The van der Waals surface area contributed by atoms with Gasteiger partial charge in [-0.15, -0.1) is 0 Å². The van der Waals surface area contributed by atoms with Crippen LogP contribution in [0.1, 0.15) is 45.0 Å². The van der Waals surface area contributed by atoms with Crippen molar-refractivity contribution in [2.75, 3.05) is 5.32 Å². The summed E-state index contributed by atoms with van der Waals surface area (Å²) in [4.78, 5) is 11.2. The van der Waals surface area contributed by atoms with Gasteiger partial charge in [0.1, 0.15) is 0 Å². The maximum atomic E-state index is 12.2. The Kier molecular flexibility index (Phi) is 5.01. The molecule has 6 nitrogen and oxygen atoms in total. The topological polar surface area (TPSA) is 95.5 Å². The molecule has 0 fully saturated rings. The predicted molar refractivity (Wildman–Crippen MR) is 82.2 cm³/mol. The molecule has 0 saturated heterocycles. The number of aromatic carboxylic acids is 1. The van der Waals surface area contributed by atoms with Gasteiger partial charge in [-0.1, -0.05) is 0 Å². The number of anilines is 1. The minimum atomic E-state index is -3.76. The Labute approximate surface area is 125 Å². The highest BCUT2D eigenvalue weighted by Crippen LogP contribution is 2.22. The fraction of sp³-hybridized carbons (Fsp3) is 0.500. The first-order valence-corrected chi connectivity index (χ1v) is 8.08. The second-order valence-corrected chi connectivity index (χ2v) is 7.85. The molecule has 0 saturated carbocycles. The van der Waals surface area contributed by atoms with Crippen LogP contribution in [-0.4, -0.2) is 31.1 Å². The summed E-state index contributed by atoms with van der Waals surface area (Å²) >= 11 is 0. The number of carboxylic acids is 1. The zero-order valence-electron chi connectivity index (χ0n) is 12.9. The van der Waals surface area contributed by atoms with Gasteiger partial charge in [0.15, 0.2) is 0 Å². The zero-order valence-corrected chi connectivity index (χ0v) is 13.7. The largest absolute Gasteiger partial charge is 0.478 e. The summed E-state index contributed by atoms with van der Waals surface area (Å²) in [6.07, 6.45) is 0. The molecule has 0 aliphatic heterocycles. The average Bonchev–Trinajstić information content (AvgIpc) is 2.24. The van der Waals surface area contributed by atoms with E-state index >= 15 is 0 Å². The molecule has 0 aliphatic rings. The fourth-order valence-corrected chi connectivity index (χ4v) is 3.21. The zero-order chi connectivity index (χ0) is 16.4. The first-order chi connectivity index (χ1) is 9.42. The van der Waals surface area contributed by atoms with Crippen molar-refractivity contribution in [3.8, 4) is 0 Å². The number of carbonyl (C=O) groups is 1. The number of benzene rings is 1. The minimum Gasteiger partial charge on any atom is -0.478 e. The molecular weight excluding hydrogens is 292 g/mol. The van der Waals surface area contributed by atoms with Gasteiger partial charge in [-0.3, -0.25) is 0 Å². The number of hydrogen-bond acceptors (Lipinski definition) is 4. The van der Waals surface area contributed by atoms with Crippen molar-refractivity contribution in [1.29, 1.82) is 0 Å². The Bertz CT molecular complexity index is 631. The fourth-order valence-electron chi connectivity index (χ4n) is 1.77. The van der Waals surface area contributed by atoms with Gasteiger partial charge >= 0.3 is 5.97 Å². The standard InChI is InChI=1S/C14H22N2O4S/c1-9(2)15-12-7-6-10(8-11(12)13(17)18)21(19,20)16-14(3,4)5/h6-9,15-16H,1-5H3,(H,17,18). The third-order valence-corrected chi connectivity index (χ3v) is 4.17. The van der Waals surface area contributed by atoms with E-state index in [1.165, 1.54) is 18.2 Å². The lowest BCUT2D eigenvalue weighted by atomic mass is 10.1. The normalized spacial score (nSPS) is 12.5. The molecule has 21 heavy (non-hydrogen) atoms. The van der Waals surface area contributed by atoms with E-state index in [1.807, 2.05) is 13.8 Å². The van der Waals surface area contributed by atoms with E-state index in [0.717, 1.165) is 0 Å². The Morgan fingerprint density at radius 2 is 1.81 bits per heavy atom. The lowest BCUT2D eigenvalue weighted by molar-refractivity contribution is 0.0697. The van der Waals surface area contributed by atoms with E-state index in [1.54, 1.807) is 20.8 Å². The second kappa shape index (κ2) is 6.03. The van der Waals surface area contributed by atoms with Crippen LogP contribution in [0.2, 0.25) is 0 Å². The van der Waals surface area contributed by atoms with Gasteiger partial charge in [-0.2, -0.15) is 0 Å². The number of sulfonamides is 1. The molecule has 0 atom stereocenters. The molecule has 0 amide bonds. The second-order valence-electron chi connectivity index (χ2n) is 6.17. The Balaban J connectivity index is 3.29. The molecule has 0 spiro atoms. The molecule has 118 valence electrons.